The number of ether oxygens (including phenoxy) is 2. The molecule has 0 spiro atoms. The van der Waals surface area contributed by atoms with E-state index in [2.05, 4.69) is 21.2 Å². The number of halogens is 3. The van der Waals surface area contributed by atoms with Crippen LogP contribution in [0.4, 0.5) is 5.69 Å². The highest BCUT2D eigenvalue weighted by molar-refractivity contribution is 9.10. The first kappa shape index (κ1) is 23.7. The number of para-hydroxylation sites is 2. The highest BCUT2D eigenvalue weighted by Gasteiger charge is 2.16. The number of anilines is 1. The van der Waals surface area contributed by atoms with Gasteiger partial charge in [0.15, 0.2) is 11.5 Å². The normalized spacial score (nSPS) is 10.9. The fourth-order valence-corrected chi connectivity index (χ4v) is 3.56. The molecule has 0 heterocycles. The van der Waals surface area contributed by atoms with Gasteiger partial charge >= 0.3 is 0 Å². The van der Waals surface area contributed by atoms with Crippen LogP contribution in [0.3, 0.4) is 0 Å². The number of benzene rings is 3. The number of nitrogens with one attached hydrogen (secondary N) is 1. The van der Waals surface area contributed by atoms with Gasteiger partial charge in [-0.1, -0.05) is 69.5 Å². The van der Waals surface area contributed by atoms with E-state index in [1.165, 1.54) is 13.2 Å². The van der Waals surface area contributed by atoms with Crippen molar-refractivity contribution in [2.75, 3.05) is 12.4 Å². The number of carbonyl (C=O) groups is 1. The summed E-state index contributed by atoms with van der Waals surface area (Å²) in [6, 6.07) is 19.7. The van der Waals surface area contributed by atoms with Crippen LogP contribution < -0.4 is 14.8 Å². The number of carbonyl (C=O) groups excluding carboxylic acids is 1. The third-order valence-electron chi connectivity index (χ3n) is 4.39. The zero-order valence-electron chi connectivity index (χ0n) is 16.9. The Bertz CT molecular complexity index is 1180. The molecular weight excluding hydrogens is 515 g/mol. The van der Waals surface area contributed by atoms with Gasteiger partial charge in [0.05, 0.1) is 22.8 Å². The molecule has 0 saturated heterocycles. The summed E-state index contributed by atoms with van der Waals surface area (Å²) in [5.74, 6) is 0.237. The number of hydrogen-bond acceptors (Lipinski definition) is 4. The van der Waals surface area contributed by atoms with Gasteiger partial charge in [-0.25, -0.2) is 0 Å². The van der Waals surface area contributed by atoms with Crippen molar-refractivity contribution in [2.24, 2.45) is 0 Å². The van der Waals surface area contributed by atoms with Gasteiger partial charge in [-0.3, -0.25) is 4.79 Å². The molecule has 1 amide bonds. The van der Waals surface area contributed by atoms with Gasteiger partial charge in [0.25, 0.3) is 5.91 Å². The summed E-state index contributed by atoms with van der Waals surface area (Å²) in [6.45, 7) is 0.276. The molecule has 3 aromatic carbocycles. The van der Waals surface area contributed by atoms with Crippen molar-refractivity contribution in [1.82, 2.24) is 0 Å². The summed E-state index contributed by atoms with van der Waals surface area (Å²) in [6.07, 6.45) is 1.43. The third kappa shape index (κ3) is 5.83. The highest BCUT2D eigenvalue weighted by atomic mass is 79.9. The lowest BCUT2D eigenvalue weighted by Gasteiger charge is -2.14. The van der Waals surface area contributed by atoms with E-state index in [1.54, 1.807) is 36.4 Å². The average molecular weight is 532 g/mol. The lowest BCUT2D eigenvalue weighted by molar-refractivity contribution is -0.112. The number of nitrogens with zero attached hydrogens (tertiary/aromatic N) is 1. The van der Waals surface area contributed by atoms with E-state index in [-0.39, 0.29) is 27.9 Å². The SMILES string of the molecule is COc1cccc(/C=C(\C#N)C(=O)Nc2c(Cl)cccc2Cl)c1OCc1ccc(Br)cc1. The summed E-state index contributed by atoms with van der Waals surface area (Å²) in [5, 5.41) is 12.7. The Morgan fingerprint density at radius 2 is 1.75 bits per heavy atom. The first-order valence-corrected chi connectivity index (χ1v) is 10.9. The second kappa shape index (κ2) is 11.1. The molecule has 3 rings (SSSR count). The standard InChI is InChI=1S/C24H17BrCl2N2O3/c1-31-21-7-2-4-16(23(21)32-14-15-8-10-18(25)11-9-15)12-17(13-28)24(30)29-22-19(26)5-3-6-20(22)27/h2-12H,14H2,1H3,(H,29,30)/b17-12+. The topological polar surface area (TPSA) is 71.3 Å². The zero-order valence-corrected chi connectivity index (χ0v) is 20.0. The summed E-state index contributed by atoms with van der Waals surface area (Å²) in [5.41, 5.74) is 1.54. The Kier molecular flexibility index (Phi) is 8.18. The molecule has 0 fully saturated rings. The molecule has 162 valence electrons. The molecule has 1 N–H and O–H groups in total. The Morgan fingerprint density at radius 1 is 1.09 bits per heavy atom. The minimum Gasteiger partial charge on any atom is -0.493 e. The molecule has 5 nitrogen and oxygen atoms in total. The van der Waals surface area contributed by atoms with Crippen molar-refractivity contribution >= 4 is 56.8 Å². The van der Waals surface area contributed by atoms with Crippen LogP contribution in [0.25, 0.3) is 6.08 Å². The van der Waals surface area contributed by atoms with E-state index in [0.29, 0.717) is 17.1 Å². The van der Waals surface area contributed by atoms with Crippen LogP contribution in [0.5, 0.6) is 11.5 Å². The summed E-state index contributed by atoms with van der Waals surface area (Å²) in [4.78, 5) is 12.7. The van der Waals surface area contributed by atoms with Crippen molar-refractivity contribution in [1.29, 1.82) is 5.26 Å². The number of hydrogen-bond donors (Lipinski definition) is 1. The fourth-order valence-electron chi connectivity index (χ4n) is 2.80. The van der Waals surface area contributed by atoms with Gasteiger partial charge in [-0.05, 0) is 42.0 Å². The van der Waals surface area contributed by atoms with Gasteiger partial charge in [0, 0.05) is 10.0 Å². The van der Waals surface area contributed by atoms with Crippen molar-refractivity contribution in [3.8, 4) is 17.6 Å². The second-order valence-corrected chi connectivity index (χ2v) is 8.24. The lowest BCUT2D eigenvalue weighted by Crippen LogP contribution is -2.14. The molecule has 0 aliphatic heterocycles. The van der Waals surface area contributed by atoms with Crippen LogP contribution in [-0.2, 0) is 11.4 Å². The molecule has 0 aliphatic rings. The molecule has 0 aromatic heterocycles. The quantitative estimate of drug-likeness (QED) is 0.266. The van der Waals surface area contributed by atoms with Crippen molar-refractivity contribution in [2.45, 2.75) is 6.61 Å². The highest BCUT2D eigenvalue weighted by Crippen LogP contribution is 2.34. The van der Waals surface area contributed by atoms with E-state index in [9.17, 15) is 10.1 Å². The lowest BCUT2D eigenvalue weighted by atomic mass is 10.1. The molecule has 0 unspecified atom stereocenters. The number of rotatable bonds is 7. The maximum Gasteiger partial charge on any atom is 0.266 e. The molecule has 0 saturated carbocycles. The molecule has 0 radical (unpaired) electrons. The van der Waals surface area contributed by atoms with E-state index >= 15 is 0 Å². The van der Waals surface area contributed by atoms with Crippen LogP contribution in [-0.4, -0.2) is 13.0 Å². The Labute approximate surface area is 204 Å². The monoisotopic (exact) mass is 530 g/mol. The second-order valence-electron chi connectivity index (χ2n) is 6.51. The van der Waals surface area contributed by atoms with Gasteiger partial charge in [0.2, 0.25) is 0 Å². The summed E-state index contributed by atoms with van der Waals surface area (Å²) in [7, 11) is 1.52. The van der Waals surface area contributed by atoms with Gasteiger partial charge in [-0.15, -0.1) is 0 Å². The molecule has 8 heteroatoms. The molecule has 3 aromatic rings. The van der Waals surface area contributed by atoms with Crippen molar-refractivity contribution in [3.05, 3.63) is 91.9 Å². The first-order chi connectivity index (χ1) is 15.4. The van der Waals surface area contributed by atoms with Crippen LogP contribution in [0.2, 0.25) is 10.0 Å². The third-order valence-corrected chi connectivity index (χ3v) is 5.55. The van der Waals surface area contributed by atoms with Crippen LogP contribution >= 0.6 is 39.1 Å². The van der Waals surface area contributed by atoms with Crippen LogP contribution in [0.1, 0.15) is 11.1 Å². The predicted octanol–water partition coefficient (Wildman–Crippen LogP) is 6.89. The average Bonchev–Trinajstić information content (AvgIpc) is 2.79. The Balaban J connectivity index is 1.90. The smallest absolute Gasteiger partial charge is 0.266 e. The Morgan fingerprint density at radius 3 is 2.38 bits per heavy atom. The van der Waals surface area contributed by atoms with Crippen molar-refractivity contribution in [3.63, 3.8) is 0 Å². The van der Waals surface area contributed by atoms with Gasteiger partial charge < -0.3 is 14.8 Å². The molecular formula is C24H17BrCl2N2O3. The maximum absolute atomic E-state index is 12.7. The van der Waals surface area contributed by atoms with Crippen molar-refractivity contribution < 1.29 is 14.3 Å². The molecule has 0 atom stereocenters. The van der Waals surface area contributed by atoms with Gasteiger partial charge in [-0.2, -0.15) is 5.26 Å². The fraction of sp³-hybridized carbons (Fsp3) is 0.0833. The maximum atomic E-state index is 12.7. The minimum atomic E-state index is -0.649. The predicted molar refractivity (Wildman–Crippen MR) is 130 cm³/mol. The largest absolute Gasteiger partial charge is 0.493 e. The van der Waals surface area contributed by atoms with E-state index in [0.717, 1.165) is 10.0 Å². The van der Waals surface area contributed by atoms with Gasteiger partial charge in [0.1, 0.15) is 18.2 Å². The molecule has 32 heavy (non-hydrogen) atoms. The van der Waals surface area contributed by atoms with E-state index in [4.69, 9.17) is 32.7 Å². The number of nitriles is 1. The number of amides is 1. The van der Waals surface area contributed by atoms with E-state index < -0.39 is 5.91 Å². The Hall–Kier alpha value is -2.98. The molecule has 0 aliphatic carbocycles. The molecule has 0 bridgehead atoms. The van der Waals surface area contributed by atoms with E-state index in [1.807, 2.05) is 30.3 Å². The number of methoxy groups -OCH3 is 1. The summed E-state index contributed by atoms with van der Waals surface area (Å²) >= 11 is 15.6. The summed E-state index contributed by atoms with van der Waals surface area (Å²) < 4.78 is 12.4. The minimum absolute atomic E-state index is 0.150. The van der Waals surface area contributed by atoms with Crippen LogP contribution in [0.15, 0.2) is 70.7 Å². The zero-order chi connectivity index (χ0) is 23.1. The first-order valence-electron chi connectivity index (χ1n) is 9.34. The van der Waals surface area contributed by atoms with Crippen LogP contribution in [0, 0.1) is 11.3 Å².